The van der Waals surface area contributed by atoms with Gasteiger partial charge in [-0.15, -0.1) is 0 Å². The normalized spacial score (nSPS) is 20.7. The van der Waals surface area contributed by atoms with Crippen LogP contribution in [0.1, 0.15) is 30.7 Å². The van der Waals surface area contributed by atoms with Crippen molar-refractivity contribution in [1.82, 2.24) is 15.3 Å². The molecule has 1 aromatic rings. The lowest BCUT2D eigenvalue weighted by atomic mass is 10.1. The van der Waals surface area contributed by atoms with Gasteiger partial charge in [0.2, 0.25) is 0 Å². The molecule has 2 N–H and O–H groups in total. The summed E-state index contributed by atoms with van der Waals surface area (Å²) in [4.78, 5) is 17.7. The fourth-order valence-corrected chi connectivity index (χ4v) is 2.10. The van der Waals surface area contributed by atoms with Crippen LogP contribution in [0.5, 0.6) is 0 Å². The van der Waals surface area contributed by atoms with E-state index in [0.717, 1.165) is 30.8 Å². The minimum Gasteiger partial charge on any atom is -0.314 e. The van der Waals surface area contributed by atoms with Crippen molar-refractivity contribution in [2.24, 2.45) is 0 Å². The van der Waals surface area contributed by atoms with Crippen LogP contribution in [-0.2, 0) is 6.42 Å². The molecule has 2 rings (SSSR count). The quantitative estimate of drug-likeness (QED) is 0.769. The third-order valence-electron chi connectivity index (χ3n) is 2.84. The SMILES string of the molecule is Cc1cc(CCC2CCCN2)nc(=O)[nH]1. The van der Waals surface area contributed by atoms with Crippen LogP contribution in [0.3, 0.4) is 0 Å². The summed E-state index contributed by atoms with van der Waals surface area (Å²) in [6.07, 6.45) is 4.49. The van der Waals surface area contributed by atoms with Crippen LogP contribution < -0.4 is 11.0 Å². The van der Waals surface area contributed by atoms with E-state index in [9.17, 15) is 4.79 Å². The lowest BCUT2D eigenvalue weighted by Crippen LogP contribution is -2.22. The third-order valence-corrected chi connectivity index (χ3v) is 2.84. The first kappa shape index (κ1) is 10.4. The molecule has 1 aromatic heterocycles. The van der Waals surface area contributed by atoms with Gasteiger partial charge in [0.05, 0.1) is 0 Å². The predicted molar refractivity (Wildman–Crippen MR) is 58.9 cm³/mol. The highest BCUT2D eigenvalue weighted by Gasteiger charge is 2.13. The Labute approximate surface area is 89.1 Å². The summed E-state index contributed by atoms with van der Waals surface area (Å²) in [6.45, 7) is 3.02. The second-order valence-electron chi connectivity index (χ2n) is 4.19. The van der Waals surface area contributed by atoms with Crippen LogP contribution in [0.2, 0.25) is 0 Å². The summed E-state index contributed by atoms with van der Waals surface area (Å²) < 4.78 is 0. The van der Waals surface area contributed by atoms with Gasteiger partial charge in [-0.2, -0.15) is 4.98 Å². The zero-order chi connectivity index (χ0) is 10.7. The van der Waals surface area contributed by atoms with Gasteiger partial charge in [-0.1, -0.05) is 0 Å². The largest absolute Gasteiger partial charge is 0.345 e. The molecular formula is C11H17N3O. The highest BCUT2D eigenvalue weighted by molar-refractivity contribution is 5.06. The van der Waals surface area contributed by atoms with E-state index in [2.05, 4.69) is 15.3 Å². The highest BCUT2D eigenvalue weighted by Crippen LogP contribution is 2.11. The van der Waals surface area contributed by atoms with Gasteiger partial charge >= 0.3 is 5.69 Å². The van der Waals surface area contributed by atoms with E-state index < -0.39 is 0 Å². The Morgan fingerprint density at radius 1 is 1.60 bits per heavy atom. The maximum absolute atomic E-state index is 11.1. The van der Waals surface area contributed by atoms with Crippen LogP contribution in [0, 0.1) is 6.92 Å². The summed E-state index contributed by atoms with van der Waals surface area (Å²) in [6, 6.07) is 2.57. The van der Waals surface area contributed by atoms with E-state index in [1.54, 1.807) is 0 Å². The molecule has 0 aromatic carbocycles. The zero-order valence-corrected chi connectivity index (χ0v) is 9.05. The molecule has 2 heterocycles. The van der Waals surface area contributed by atoms with Crippen molar-refractivity contribution >= 4 is 0 Å². The highest BCUT2D eigenvalue weighted by atomic mass is 16.1. The van der Waals surface area contributed by atoms with Gasteiger partial charge in [0, 0.05) is 17.4 Å². The molecule has 0 amide bonds. The van der Waals surface area contributed by atoms with Crippen molar-refractivity contribution in [3.8, 4) is 0 Å². The van der Waals surface area contributed by atoms with Crippen molar-refractivity contribution in [3.05, 3.63) is 27.9 Å². The Hall–Kier alpha value is -1.16. The molecule has 0 aliphatic carbocycles. The molecule has 1 aliphatic rings. The Morgan fingerprint density at radius 3 is 3.13 bits per heavy atom. The average molecular weight is 207 g/mol. The number of nitrogens with zero attached hydrogens (tertiary/aromatic N) is 1. The van der Waals surface area contributed by atoms with Gasteiger partial charge < -0.3 is 10.3 Å². The molecule has 1 fully saturated rings. The van der Waals surface area contributed by atoms with Gasteiger partial charge in [-0.25, -0.2) is 4.79 Å². The number of aryl methyl sites for hydroxylation is 2. The van der Waals surface area contributed by atoms with E-state index in [4.69, 9.17) is 0 Å². The summed E-state index contributed by atoms with van der Waals surface area (Å²) >= 11 is 0. The van der Waals surface area contributed by atoms with Gasteiger partial charge in [0.15, 0.2) is 0 Å². The predicted octanol–water partition coefficient (Wildman–Crippen LogP) is 0.763. The minimum absolute atomic E-state index is 0.232. The van der Waals surface area contributed by atoms with E-state index >= 15 is 0 Å². The van der Waals surface area contributed by atoms with E-state index in [-0.39, 0.29) is 5.69 Å². The van der Waals surface area contributed by atoms with Gasteiger partial charge in [-0.3, -0.25) is 0 Å². The van der Waals surface area contributed by atoms with E-state index in [1.165, 1.54) is 12.8 Å². The number of rotatable bonds is 3. The van der Waals surface area contributed by atoms with Crippen molar-refractivity contribution in [2.75, 3.05) is 6.54 Å². The molecule has 1 unspecified atom stereocenters. The zero-order valence-electron chi connectivity index (χ0n) is 9.05. The maximum Gasteiger partial charge on any atom is 0.345 e. The van der Waals surface area contributed by atoms with E-state index in [1.807, 2.05) is 13.0 Å². The number of H-pyrrole nitrogens is 1. The van der Waals surface area contributed by atoms with Crippen LogP contribution >= 0.6 is 0 Å². The Morgan fingerprint density at radius 2 is 2.47 bits per heavy atom. The number of nitrogens with one attached hydrogen (secondary N) is 2. The molecule has 0 spiro atoms. The Bertz CT molecular complexity index is 380. The fraction of sp³-hybridized carbons (Fsp3) is 0.636. The standard InChI is InChI=1S/C11H17N3O/c1-8-7-10(14-11(15)13-8)5-4-9-3-2-6-12-9/h7,9,12H,2-6H2,1H3,(H,13,14,15). The molecule has 4 heteroatoms. The molecule has 1 atom stereocenters. The monoisotopic (exact) mass is 207 g/mol. The smallest absolute Gasteiger partial charge is 0.314 e. The average Bonchev–Trinajstić information content (AvgIpc) is 2.65. The lowest BCUT2D eigenvalue weighted by Gasteiger charge is -2.08. The number of hydrogen-bond donors (Lipinski definition) is 2. The molecule has 15 heavy (non-hydrogen) atoms. The molecule has 1 aliphatic heterocycles. The number of aromatic amines is 1. The number of hydrogen-bond acceptors (Lipinski definition) is 3. The number of aromatic nitrogens is 2. The van der Waals surface area contributed by atoms with Crippen molar-refractivity contribution in [3.63, 3.8) is 0 Å². The summed E-state index contributed by atoms with van der Waals surface area (Å²) in [5, 5.41) is 3.44. The van der Waals surface area contributed by atoms with Crippen molar-refractivity contribution in [2.45, 2.75) is 38.6 Å². The minimum atomic E-state index is -0.232. The Kier molecular flexibility index (Phi) is 3.16. The first-order chi connectivity index (χ1) is 7.24. The second kappa shape index (κ2) is 4.57. The third kappa shape index (κ3) is 2.89. The lowest BCUT2D eigenvalue weighted by molar-refractivity contribution is 0.554. The van der Waals surface area contributed by atoms with Crippen LogP contribution in [-0.4, -0.2) is 22.6 Å². The molecular weight excluding hydrogens is 190 g/mol. The molecule has 0 saturated carbocycles. The van der Waals surface area contributed by atoms with Gasteiger partial charge in [0.25, 0.3) is 0 Å². The summed E-state index contributed by atoms with van der Waals surface area (Å²) in [7, 11) is 0. The van der Waals surface area contributed by atoms with Crippen molar-refractivity contribution < 1.29 is 0 Å². The first-order valence-corrected chi connectivity index (χ1v) is 5.54. The first-order valence-electron chi connectivity index (χ1n) is 5.54. The van der Waals surface area contributed by atoms with Crippen LogP contribution in [0.25, 0.3) is 0 Å². The topological polar surface area (TPSA) is 57.8 Å². The molecule has 0 radical (unpaired) electrons. The molecule has 4 nitrogen and oxygen atoms in total. The van der Waals surface area contributed by atoms with E-state index in [0.29, 0.717) is 6.04 Å². The fourth-order valence-electron chi connectivity index (χ4n) is 2.10. The van der Waals surface area contributed by atoms with Gasteiger partial charge in [-0.05, 0) is 45.2 Å². The maximum atomic E-state index is 11.1. The van der Waals surface area contributed by atoms with Gasteiger partial charge in [0.1, 0.15) is 0 Å². The van der Waals surface area contributed by atoms with Crippen LogP contribution in [0.4, 0.5) is 0 Å². The van der Waals surface area contributed by atoms with Crippen LogP contribution in [0.15, 0.2) is 10.9 Å². The second-order valence-corrected chi connectivity index (χ2v) is 4.19. The summed E-state index contributed by atoms with van der Waals surface area (Å²) in [5.74, 6) is 0. The molecule has 82 valence electrons. The molecule has 1 saturated heterocycles. The Balaban J connectivity index is 1.95. The summed E-state index contributed by atoms with van der Waals surface area (Å²) in [5.41, 5.74) is 1.57. The molecule has 0 bridgehead atoms. The van der Waals surface area contributed by atoms with Crippen molar-refractivity contribution in [1.29, 1.82) is 0 Å².